The second-order valence-electron chi connectivity index (χ2n) is 6.86. The first-order valence-corrected chi connectivity index (χ1v) is 12.2. The van der Waals surface area contributed by atoms with Gasteiger partial charge in [-0.2, -0.15) is 11.3 Å². The number of phenolic OH excluding ortho intramolecular Hbond substituents is 1. The van der Waals surface area contributed by atoms with E-state index >= 15 is 0 Å². The van der Waals surface area contributed by atoms with Gasteiger partial charge in [0, 0.05) is 5.56 Å². The summed E-state index contributed by atoms with van der Waals surface area (Å²) >= 11 is 1.76. The largest absolute Gasteiger partial charge is 0.508 e. The first-order valence-electron chi connectivity index (χ1n) is 8.83. The minimum Gasteiger partial charge on any atom is -0.508 e. The van der Waals surface area contributed by atoms with E-state index in [0.29, 0.717) is 11.7 Å². The molecule has 1 N–H and O–H groups in total. The Bertz CT molecular complexity index is 832. The van der Waals surface area contributed by atoms with Crippen LogP contribution in [0.25, 0.3) is 10.8 Å². The van der Waals surface area contributed by atoms with Crippen LogP contribution in [0, 0.1) is 0 Å². The van der Waals surface area contributed by atoms with Gasteiger partial charge in [0.1, 0.15) is 13.8 Å². The predicted molar refractivity (Wildman–Crippen MR) is 110 cm³/mol. The molecule has 0 bridgehead atoms. The Kier molecular flexibility index (Phi) is 4.84. The molecule has 126 valence electrons. The monoisotopic (exact) mass is 354 g/mol. The Morgan fingerprint density at radius 2 is 1.79 bits per heavy atom. The third kappa shape index (κ3) is 2.60. The summed E-state index contributed by atoms with van der Waals surface area (Å²) in [6.07, 6.45) is 0. The fourth-order valence-corrected chi connectivity index (χ4v) is 9.61. The molecule has 0 aliphatic carbocycles. The number of aromatic hydroxyl groups is 1. The molecule has 0 spiro atoms. The number of phenols is 1. The second-order valence-corrected chi connectivity index (χ2v) is 12.3. The summed E-state index contributed by atoms with van der Waals surface area (Å²) in [7, 11) is -1.92. The van der Waals surface area contributed by atoms with Crippen LogP contribution in [0.5, 0.6) is 5.75 Å². The van der Waals surface area contributed by atoms with Gasteiger partial charge in [-0.15, -0.1) is 0 Å². The van der Waals surface area contributed by atoms with Gasteiger partial charge in [0.05, 0.1) is 0 Å². The molecule has 1 aromatic heterocycles. The molecule has 24 heavy (non-hydrogen) atoms. The minimum absolute atomic E-state index is 0.303. The van der Waals surface area contributed by atoms with Crippen molar-refractivity contribution in [1.29, 1.82) is 0 Å². The fourth-order valence-electron chi connectivity index (χ4n) is 4.05. The third-order valence-electron chi connectivity index (χ3n) is 5.43. The number of rotatable bonds is 5. The second kappa shape index (κ2) is 6.73. The van der Waals surface area contributed by atoms with Crippen LogP contribution in [0.2, 0.25) is 12.1 Å². The summed E-state index contributed by atoms with van der Waals surface area (Å²) in [6.45, 7) is 8.93. The van der Waals surface area contributed by atoms with E-state index < -0.39 is 8.07 Å². The zero-order valence-electron chi connectivity index (χ0n) is 15.0. The van der Waals surface area contributed by atoms with E-state index in [2.05, 4.69) is 74.9 Å². The van der Waals surface area contributed by atoms with Crippen LogP contribution in [0.4, 0.5) is 0 Å². The molecule has 0 amide bonds. The normalized spacial score (nSPS) is 12.2. The van der Waals surface area contributed by atoms with Crippen LogP contribution < -0.4 is 10.4 Å². The number of hydrogen-bond donors (Lipinski definition) is 1. The van der Waals surface area contributed by atoms with E-state index in [-0.39, 0.29) is 0 Å². The quantitative estimate of drug-likeness (QED) is 0.614. The molecule has 3 rings (SSSR count). The molecule has 3 heteroatoms. The van der Waals surface area contributed by atoms with Gasteiger partial charge in [-0.25, -0.2) is 0 Å². The molecule has 0 radical (unpaired) electrons. The maximum absolute atomic E-state index is 11.3. The molecule has 0 unspecified atom stereocenters. The molecule has 0 aliphatic rings. The molecule has 0 saturated carbocycles. The Labute approximate surface area is 150 Å². The van der Waals surface area contributed by atoms with Crippen molar-refractivity contribution in [3.05, 3.63) is 52.7 Å². The highest BCUT2D eigenvalue weighted by Crippen LogP contribution is 2.35. The van der Waals surface area contributed by atoms with Crippen LogP contribution in [-0.4, -0.2) is 13.2 Å². The molecule has 0 fully saturated rings. The lowest BCUT2D eigenvalue weighted by Crippen LogP contribution is -2.56. The van der Waals surface area contributed by atoms with E-state index in [0.717, 1.165) is 17.7 Å². The maximum atomic E-state index is 11.3. The van der Waals surface area contributed by atoms with Crippen molar-refractivity contribution in [2.24, 2.45) is 0 Å². The molecule has 2 aromatic carbocycles. The first kappa shape index (κ1) is 17.2. The minimum atomic E-state index is -1.92. The van der Waals surface area contributed by atoms with Crippen molar-refractivity contribution in [2.45, 2.75) is 45.7 Å². The van der Waals surface area contributed by atoms with Gasteiger partial charge in [-0.1, -0.05) is 76.2 Å². The van der Waals surface area contributed by atoms with Gasteiger partial charge in [-0.05, 0) is 37.8 Å². The van der Waals surface area contributed by atoms with Crippen molar-refractivity contribution in [3.63, 3.8) is 0 Å². The van der Waals surface area contributed by atoms with Crippen molar-refractivity contribution in [3.8, 4) is 5.75 Å². The molecule has 0 saturated heterocycles. The van der Waals surface area contributed by atoms with Crippen LogP contribution in [-0.2, 0) is 0 Å². The van der Waals surface area contributed by atoms with Crippen LogP contribution in [0.3, 0.4) is 0 Å². The van der Waals surface area contributed by atoms with E-state index in [1.54, 1.807) is 11.3 Å². The Morgan fingerprint density at radius 3 is 2.38 bits per heavy atom. The molecule has 3 aromatic rings. The summed E-state index contributed by atoms with van der Waals surface area (Å²) in [4.78, 5) is 0. The van der Waals surface area contributed by atoms with Crippen molar-refractivity contribution >= 4 is 40.6 Å². The van der Waals surface area contributed by atoms with E-state index in [1.165, 1.54) is 21.1 Å². The zero-order chi connectivity index (χ0) is 17.3. The van der Waals surface area contributed by atoms with Crippen molar-refractivity contribution in [1.82, 2.24) is 0 Å². The predicted octanol–water partition coefficient (Wildman–Crippen LogP) is 5.33. The number of thiophene rings is 1. The van der Waals surface area contributed by atoms with Gasteiger partial charge in [0.2, 0.25) is 0 Å². The van der Waals surface area contributed by atoms with Gasteiger partial charge >= 0.3 is 0 Å². The Balaban J connectivity index is 2.38. The number of benzene rings is 2. The molecule has 0 atom stereocenters. The summed E-state index contributed by atoms with van der Waals surface area (Å²) in [6, 6.07) is 15.3. The van der Waals surface area contributed by atoms with E-state index in [4.69, 9.17) is 0 Å². The third-order valence-corrected chi connectivity index (χ3v) is 11.6. The van der Waals surface area contributed by atoms with Gasteiger partial charge in [0.15, 0.2) is 0 Å². The standard InChI is InChI=1S/C21H26OSSi/c1-5-24(6-2,17-11-12-23-14-17)19-13-16-9-7-8-10-18(16)20(15(3)4)21(19)22/h7-15,22H,5-6H2,1-4H3. The highest BCUT2D eigenvalue weighted by atomic mass is 32.1. The van der Waals surface area contributed by atoms with Crippen molar-refractivity contribution < 1.29 is 5.11 Å². The lowest BCUT2D eigenvalue weighted by molar-refractivity contribution is 0.470. The van der Waals surface area contributed by atoms with E-state index in [1.807, 2.05) is 0 Å². The molecular weight excluding hydrogens is 328 g/mol. The number of hydrogen-bond acceptors (Lipinski definition) is 2. The average molecular weight is 355 g/mol. The van der Waals surface area contributed by atoms with Gasteiger partial charge in [-0.3, -0.25) is 0 Å². The Morgan fingerprint density at radius 1 is 1.08 bits per heavy atom. The number of fused-ring (bicyclic) bond motifs is 1. The lowest BCUT2D eigenvalue weighted by Gasteiger charge is -2.32. The maximum Gasteiger partial charge on any atom is 0.123 e. The van der Waals surface area contributed by atoms with E-state index in [9.17, 15) is 5.11 Å². The van der Waals surface area contributed by atoms with Crippen LogP contribution in [0.15, 0.2) is 47.2 Å². The summed E-state index contributed by atoms with van der Waals surface area (Å²) in [5.74, 6) is 0.850. The molecule has 1 heterocycles. The van der Waals surface area contributed by atoms with Gasteiger partial charge in [0.25, 0.3) is 0 Å². The smallest absolute Gasteiger partial charge is 0.123 e. The highest BCUT2D eigenvalue weighted by molar-refractivity contribution is 7.12. The van der Waals surface area contributed by atoms with Crippen molar-refractivity contribution in [2.75, 3.05) is 0 Å². The molecule has 0 aliphatic heterocycles. The molecule has 1 nitrogen and oxygen atoms in total. The zero-order valence-corrected chi connectivity index (χ0v) is 16.8. The topological polar surface area (TPSA) is 20.2 Å². The SMILES string of the molecule is CC[Si](CC)(c1ccsc1)c1cc2ccccc2c(C(C)C)c1O. The Hall–Kier alpha value is -1.58. The van der Waals surface area contributed by atoms with Crippen LogP contribution in [0.1, 0.15) is 39.2 Å². The summed E-state index contributed by atoms with van der Waals surface area (Å²) < 4.78 is 0. The molecular formula is C21H26OSSi. The highest BCUT2D eigenvalue weighted by Gasteiger charge is 2.37. The summed E-state index contributed by atoms with van der Waals surface area (Å²) in [5, 5.41) is 20.9. The first-order chi connectivity index (χ1) is 11.5. The average Bonchev–Trinajstić information content (AvgIpc) is 3.11. The lowest BCUT2D eigenvalue weighted by atomic mass is 9.95. The van der Waals surface area contributed by atoms with Gasteiger partial charge < -0.3 is 5.11 Å². The van der Waals surface area contributed by atoms with Crippen LogP contribution >= 0.6 is 11.3 Å². The fraction of sp³-hybridized carbons (Fsp3) is 0.333. The summed E-state index contributed by atoms with van der Waals surface area (Å²) in [5.41, 5.74) is 1.11.